The maximum Gasteiger partial charge on any atom is 0.340 e. The van der Waals surface area contributed by atoms with Crippen molar-refractivity contribution in [1.82, 2.24) is 9.97 Å². The maximum absolute atomic E-state index is 12.9. The highest BCUT2D eigenvalue weighted by molar-refractivity contribution is 7.99. The van der Waals surface area contributed by atoms with Crippen LogP contribution in [0, 0.1) is 0 Å². The summed E-state index contributed by atoms with van der Waals surface area (Å²) in [4.78, 5) is 45.5. The highest BCUT2D eigenvalue weighted by Gasteiger charge is 2.16. The van der Waals surface area contributed by atoms with E-state index < -0.39 is 5.97 Å². The standard InChI is InChI=1S/C26H25N3O4S2/c1-4-33-25(32)18-7-5-6-8-20(18)27-21(30)14-35-26-28-23(31)22-19(13-34-24(22)29-26)17-11-9-16(10-12-17)15(2)3/h5-13,15H,4,14H2,1-3H3,(H,27,30)(H,28,29,31). The zero-order valence-corrected chi connectivity index (χ0v) is 21.2. The largest absolute Gasteiger partial charge is 0.462 e. The van der Waals surface area contributed by atoms with Crippen molar-refractivity contribution in [3.8, 4) is 11.1 Å². The van der Waals surface area contributed by atoms with Crippen LogP contribution < -0.4 is 10.9 Å². The Morgan fingerprint density at radius 2 is 1.89 bits per heavy atom. The summed E-state index contributed by atoms with van der Waals surface area (Å²) in [6.07, 6.45) is 0. The first-order valence-electron chi connectivity index (χ1n) is 11.2. The molecule has 2 heterocycles. The molecule has 0 aliphatic heterocycles. The van der Waals surface area contributed by atoms with Crippen molar-refractivity contribution in [2.24, 2.45) is 0 Å². The maximum atomic E-state index is 12.9. The number of carbonyl (C=O) groups excluding carboxylic acids is 2. The molecule has 0 saturated heterocycles. The van der Waals surface area contributed by atoms with Crippen molar-refractivity contribution in [2.75, 3.05) is 17.7 Å². The first kappa shape index (κ1) is 24.7. The van der Waals surface area contributed by atoms with Gasteiger partial charge in [-0.05, 0) is 36.1 Å². The average molecular weight is 508 g/mol. The summed E-state index contributed by atoms with van der Waals surface area (Å²) in [6.45, 7) is 6.25. The predicted octanol–water partition coefficient (Wildman–Crippen LogP) is 5.68. The quantitative estimate of drug-likeness (QED) is 0.181. The third-order valence-corrected chi connectivity index (χ3v) is 7.09. The van der Waals surface area contributed by atoms with Gasteiger partial charge in [-0.3, -0.25) is 9.59 Å². The number of hydrogen-bond donors (Lipinski definition) is 2. The summed E-state index contributed by atoms with van der Waals surface area (Å²) < 4.78 is 5.04. The van der Waals surface area contributed by atoms with Crippen LogP contribution in [0.4, 0.5) is 5.69 Å². The summed E-state index contributed by atoms with van der Waals surface area (Å²) >= 11 is 2.52. The zero-order valence-electron chi connectivity index (χ0n) is 19.6. The van der Waals surface area contributed by atoms with Gasteiger partial charge in [0.2, 0.25) is 5.91 Å². The smallest absolute Gasteiger partial charge is 0.340 e. The second-order valence-corrected chi connectivity index (χ2v) is 9.90. The number of rotatable bonds is 8. The van der Waals surface area contributed by atoms with Crippen LogP contribution in [0.3, 0.4) is 0 Å². The van der Waals surface area contributed by atoms with Crippen LogP contribution in [0.25, 0.3) is 21.3 Å². The van der Waals surface area contributed by atoms with Crippen molar-refractivity contribution < 1.29 is 14.3 Å². The van der Waals surface area contributed by atoms with Gasteiger partial charge < -0.3 is 15.0 Å². The molecular weight excluding hydrogens is 482 g/mol. The molecule has 2 aromatic heterocycles. The van der Waals surface area contributed by atoms with Crippen molar-refractivity contribution >= 4 is 50.9 Å². The number of nitrogens with one attached hydrogen (secondary N) is 2. The first-order valence-corrected chi connectivity index (χ1v) is 13.0. The molecule has 0 radical (unpaired) electrons. The van der Waals surface area contributed by atoms with Gasteiger partial charge >= 0.3 is 5.97 Å². The highest BCUT2D eigenvalue weighted by Crippen LogP contribution is 2.32. The normalized spacial score (nSPS) is 11.1. The topological polar surface area (TPSA) is 101 Å². The van der Waals surface area contributed by atoms with Gasteiger partial charge in [0.15, 0.2) is 5.16 Å². The molecule has 4 rings (SSSR count). The number of benzene rings is 2. The summed E-state index contributed by atoms with van der Waals surface area (Å²) in [5, 5.41) is 5.57. The number of fused-ring (bicyclic) bond motifs is 1. The number of esters is 1. The predicted molar refractivity (Wildman–Crippen MR) is 142 cm³/mol. The Bertz CT molecular complexity index is 1420. The average Bonchev–Trinajstić information content (AvgIpc) is 3.28. The van der Waals surface area contributed by atoms with Crippen LogP contribution >= 0.6 is 23.1 Å². The van der Waals surface area contributed by atoms with Gasteiger partial charge in [-0.15, -0.1) is 11.3 Å². The number of amides is 1. The molecule has 0 bridgehead atoms. The third kappa shape index (κ3) is 5.63. The number of thioether (sulfide) groups is 1. The summed E-state index contributed by atoms with van der Waals surface area (Å²) in [5.41, 5.74) is 3.47. The van der Waals surface area contributed by atoms with Gasteiger partial charge in [0.1, 0.15) is 4.83 Å². The summed E-state index contributed by atoms with van der Waals surface area (Å²) in [5.74, 6) is -0.379. The fraction of sp³-hybridized carbons (Fsp3) is 0.231. The Hall–Kier alpha value is -3.43. The van der Waals surface area contributed by atoms with Gasteiger partial charge in [-0.2, -0.15) is 0 Å². The fourth-order valence-electron chi connectivity index (χ4n) is 3.56. The molecule has 1 amide bonds. The molecule has 35 heavy (non-hydrogen) atoms. The molecule has 0 fully saturated rings. The van der Waals surface area contributed by atoms with Gasteiger partial charge in [0.25, 0.3) is 5.56 Å². The van der Waals surface area contributed by atoms with Crippen molar-refractivity contribution in [2.45, 2.75) is 31.8 Å². The number of hydrogen-bond acceptors (Lipinski definition) is 7. The number of ether oxygens (including phenoxy) is 1. The van der Waals surface area contributed by atoms with E-state index in [1.165, 1.54) is 16.9 Å². The van der Waals surface area contributed by atoms with Crippen molar-refractivity contribution in [3.63, 3.8) is 0 Å². The van der Waals surface area contributed by atoms with Crippen LogP contribution in [0.15, 0.2) is 63.9 Å². The lowest BCUT2D eigenvalue weighted by molar-refractivity contribution is -0.113. The molecule has 0 atom stereocenters. The number of thiophene rings is 1. The summed E-state index contributed by atoms with van der Waals surface area (Å²) in [7, 11) is 0. The van der Waals surface area contributed by atoms with Crippen molar-refractivity contribution in [1.29, 1.82) is 0 Å². The van der Waals surface area contributed by atoms with E-state index in [1.807, 2.05) is 17.5 Å². The number of nitrogens with zero attached hydrogens (tertiary/aromatic N) is 1. The molecule has 9 heteroatoms. The molecule has 0 aliphatic carbocycles. The molecule has 0 aliphatic rings. The molecule has 180 valence electrons. The molecule has 0 saturated carbocycles. The Labute approximate surface area is 210 Å². The molecule has 0 unspecified atom stereocenters. The molecule has 7 nitrogen and oxygen atoms in total. The lowest BCUT2D eigenvalue weighted by atomic mass is 9.99. The number of aromatic nitrogens is 2. The van der Waals surface area contributed by atoms with E-state index in [0.717, 1.165) is 22.9 Å². The van der Waals surface area contributed by atoms with E-state index in [4.69, 9.17) is 4.74 Å². The fourth-order valence-corrected chi connectivity index (χ4v) is 5.22. The van der Waals surface area contributed by atoms with Gasteiger partial charge in [-0.1, -0.05) is 62.0 Å². The minimum atomic E-state index is -0.500. The van der Waals surface area contributed by atoms with E-state index in [-0.39, 0.29) is 29.4 Å². The second-order valence-electron chi connectivity index (χ2n) is 8.08. The van der Waals surface area contributed by atoms with E-state index >= 15 is 0 Å². The van der Waals surface area contributed by atoms with E-state index in [2.05, 4.69) is 41.3 Å². The molecule has 0 spiro atoms. The Morgan fingerprint density at radius 3 is 2.60 bits per heavy atom. The number of aromatic amines is 1. The lowest BCUT2D eigenvalue weighted by Gasteiger charge is -2.10. The number of H-pyrrole nitrogens is 1. The SMILES string of the molecule is CCOC(=O)c1ccccc1NC(=O)CSc1nc2scc(-c3ccc(C(C)C)cc3)c2c(=O)[nH]1. The van der Waals surface area contributed by atoms with E-state index in [9.17, 15) is 14.4 Å². The van der Waals surface area contributed by atoms with Crippen LogP contribution in [-0.2, 0) is 9.53 Å². The number of para-hydroxylation sites is 1. The Morgan fingerprint density at radius 1 is 1.14 bits per heavy atom. The zero-order chi connectivity index (χ0) is 24.9. The number of carbonyl (C=O) groups is 2. The lowest BCUT2D eigenvalue weighted by Crippen LogP contribution is -2.18. The first-order chi connectivity index (χ1) is 16.9. The van der Waals surface area contributed by atoms with Crippen LogP contribution in [0.1, 0.15) is 42.6 Å². The highest BCUT2D eigenvalue weighted by atomic mass is 32.2. The van der Waals surface area contributed by atoms with Gasteiger partial charge in [0.05, 0.1) is 29.0 Å². The minimum Gasteiger partial charge on any atom is -0.462 e. The molecular formula is C26H25N3O4S2. The molecule has 4 aromatic rings. The monoisotopic (exact) mass is 507 g/mol. The molecule has 2 aromatic carbocycles. The number of anilines is 1. The third-order valence-electron chi connectivity index (χ3n) is 5.35. The van der Waals surface area contributed by atoms with Crippen molar-refractivity contribution in [3.05, 3.63) is 75.4 Å². The van der Waals surface area contributed by atoms with Gasteiger partial charge in [-0.25, -0.2) is 9.78 Å². The Kier molecular flexibility index (Phi) is 7.67. The second kappa shape index (κ2) is 10.9. The Balaban J connectivity index is 1.48. The van der Waals surface area contributed by atoms with Crippen LogP contribution in [0.2, 0.25) is 0 Å². The van der Waals surface area contributed by atoms with Crippen LogP contribution in [-0.4, -0.2) is 34.2 Å². The van der Waals surface area contributed by atoms with E-state index in [0.29, 0.717) is 27.0 Å². The molecule has 2 N–H and O–H groups in total. The summed E-state index contributed by atoms with van der Waals surface area (Å²) in [6, 6.07) is 14.9. The van der Waals surface area contributed by atoms with Crippen LogP contribution in [0.5, 0.6) is 0 Å². The minimum absolute atomic E-state index is 0.0144. The van der Waals surface area contributed by atoms with E-state index in [1.54, 1.807) is 31.2 Å². The van der Waals surface area contributed by atoms with Gasteiger partial charge in [0, 0.05) is 10.9 Å².